The Morgan fingerprint density at radius 3 is 2.72 bits per heavy atom. The van der Waals surface area contributed by atoms with Crippen LogP contribution >= 0.6 is 0 Å². The van der Waals surface area contributed by atoms with Gasteiger partial charge in [-0.3, -0.25) is 4.98 Å². The maximum atomic E-state index is 5.55. The predicted molar refractivity (Wildman–Crippen MR) is 99.9 cm³/mol. The van der Waals surface area contributed by atoms with E-state index < -0.39 is 0 Å². The van der Waals surface area contributed by atoms with Crippen LogP contribution in [-0.2, 0) is 6.54 Å². The smallest absolute Gasteiger partial charge is 0.231 e. The Morgan fingerprint density at radius 2 is 1.92 bits per heavy atom. The minimum Gasteiger partial charge on any atom is -0.454 e. The molecule has 2 aromatic rings. The van der Waals surface area contributed by atoms with Crippen LogP contribution in [0.3, 0.4) is 0 Å². The molecule has 3 rings (SSSR count). The van der Waals surface area contributed by atoms with Crippen molar-refractivity contribution in [1.82, 2.24) is 10.3 Å². The van der Waals surface area contributed by atoms with Crippen molar-refractivity contribution < 1.29 is 9.47 Å². The molecule has 4 heteroatoms. The molecular formula is C21H28N2O2. The molecule has 25 heavy (non-hydrogen) atoms. The molecule has 0 saturated heterocycles. The molecule has 0 radical (unpaired) electrons. The fraction of sp³-hybridized carbons (Fsp3) is 0.476. The van der Waals surface area contributed by atoms with Crippen molar-refractivity contribution in [2.75, 3.05) is 13.3 Å². The fourth-order valence-electron chi connectivity index (χ4n) is 3.17. The van der Waals surface area contributed by atoms with E-state index >= 15 is 0 Å². The Bertz CT molecular complexity index is 658. The van der Waals surface area contributed by atoms with Crippen LogP contribution in [0.15, 0.2) is 42.6 Å². The summed E-state index contributed by atoms with van der Waals surface area (Å²) in [6, 6.07) is 12.4. The highest BCUT2D eigenvalue weighted by Gasteiger charge is 2.18. The first-order chi connectivity index (χ1) is 12.2. The van der Waals surface area contributed by atoms with Crippen LogP contribution in [0.4, 0.5) is 0 Å². The molecule has 2 heterocycles. The molecule has 134 valence electrons. The van der Waals surface area contributed by atoms with Gasteiger partial charge in [0, 0.05) is 12.7 Å². The van der Waals surface area contributed by atoms with Gasteiger partial charge in [-0.15, -0.1) is 0 Å². The van der Waals surface area contributed by atoms with Crippen LogP contribution in [0.2, 0.25) is 0 Å². The van der Waals surface area contributed by atoms with E-state index in [9.17, 15) is 0 Å². The van der Waals surface area contributed by atoms with Gasteiger partial charge in [-0.05, 0) is 61.1 Å². The van der Waals surface area contributed by atoms with E-state index in [0.29, 0.717) is 12.7 Å². The summed E-state index contributed by atoms with van der Waals surface area (Å²) in [6.45, 7) is 6.71. The Balaban J connectivity index is 1.57. The molecule has 1 aromatic carbocycles. The van der Waals surface area contributed by atoms with E-state index in [1.54, 1.807) is 0 Å². The molecule has 0 fully saturated rings. The Kier molecular flexibility index (Phi) is 6.29. The summed E-state index contributed by atoms with van der Waals surface area (Å²) >= 11 is 0. The maximum Gasteiger partial charge on any atom is 0.231 e. The molecule has 0 spiro atoms. The van der Waals surface area contributed by atoms with Crippen molar-refractivity contribution in [2.45, 2.75) is 45.6 Å². The predicted octanol–water partition coefficient (Wildman–Crippen LogP) is 4.51. The third-order valence-corrected chi connectivity index (χ3v) is 4.66. The number of nitrogens with one attached hydrogen (secondary N) is 1. The lowest BCUT2D eigenvalue weighted by Crippen LogP contribution is -2.18. The molecule has 1 atom stereocenters. The summed E-state index contributed by atoms with van der Waals surface area (Å²) < 4.78 is 11.0. The summed E-state index contributed by atoms with van der Waals surface area (Å²) in [5, 5.41) is 3.52. The summed E-state index contributed by atoms with van der Waals surface area (Å²) in [6.07, 6.45) is 5.39. The van der Waals surface area contributed by atoms with E-state index in [4.69, 9.17) is 9.47 Å². The molecule has 1 unspecified atom stereocenters. The van der Waals surface area contributed by atoms with E-state index in [0.717, 1.165) is 42.6 Å². The van der Waals surface area contributed by atoms with Gasteiger partial charge in [-0.25, -0.2) is 0 Å². The first kappa shape index (κ1) is 17.7. The average molecular weight is 340 g/mol. The van der Waals surface area contributed by atoms with Crippen LogP contribution in [0, 0.1) is 5.92 Å². The third-order valence-electron chi connectivity index (χ3n) is 4.66. The van der Waals surface area contributed by atoms with Gasteiger partial charge >= 0.3 is 0 Å². The number of hydrogen-bond donors (Lipinski definition) is 1. The van der Waals surface area contributed by atoms with Crippen molar-refractivity contribution in [3.63, 3.8) is 0 Å². The Labute approximate surface area is 150 Å². The second-order valence-corrected chi connectivity index (χ2v) is 7.07. The third kappa shape index (κ3) is 5.20. The van der Waals surface area contributed by atoms with Gasteiger partial charge in [-0.1, -0.05) is 32.4 Å². The van der Waals surface area contributed by atoms with E-state index in [1.165, 1.54) is 18.4 Å². The van der Waals surface area contributed by atoms with E-state index in [1.807, 2.05) is 24.4 Å². The molecule has 1 aromatic heterocycles. The Hall–Kier alpha value is -2.07. The maximum absolute atomic E-state index is 5.55. The van der Waals surface area contributed by atoms with E-state index in [-0.39, 0.29) is 0 Å². The molecule has 1 aliphatic rings. The number of aromatic nitrogens is 1. The summed E-state index contributed by atoms with van der Waals surface area (Å²) in [7, 11) is 0. The summed E-state index contributed by atoms with van der Waals surface area (Å²) in [5.74, 6) is 3.00. The highest BCUT2D eigenvalue weighted by Crippen LogP contribution is 2.36. The molecular weight excluding hydrogens is 312 g/mol. The first-order valence-corrected chi connectivity index (χ1v) is 9.22. The van der Waals surface area contributed by atoms with Crippen molar-refractivity contribution >= 4 is 0 Å². The van der Waals surface area contributed by atoms with Crippen LogP contribution in [-0.4, -0.2) is 18.3 Å². The highest BCUT2D eigenvalue weighted by atomic mass is 16.7. The average Bonchev–Trinajstić information content (AvgIpc) is 3.09. The van der Waals surface area contributed by atoms with Crippen LogP contribution in [0.1, 0.15) is 50.3 Å². The lowest BCUT2D eigenvalue weighted by Gasteiger charge is -2.19. The number of ether oxygens (including phenoxy) is 2. The molecule has 0 saturated carbocycles. The van der Waals surface area contributed by atoms with Crippen molar-refractivity contribution in [3.05, 3.63) is 53.9 Å². The van der Waals surface area contributed by atoms with Gasteiger partial charge in [-0.2, -0.15) is 0 Å². The lowest BCUT2D eigenvalue weighted by molar-refractivity contribution is 0.174. The number of hydrogen-bond acceptors (Lipinski definition) is 4. The number of nitrogens with zero attached hydrogens (tertiary/aromatic N) is 1. The van der Waals surface area contributed by atoms with Gasteiger partial charge in [0.25, 0.3) is 0 Å². The first-order valence-electron chi connectivity index (χ1n) is 9.22. The van der Waals surface area contributed by atoms with E-state index in [2.05, 4.69) is 42.3 Å². The molecule has 0 aliphatic carbocycles. The second-order valence-electron chi connectivity index (χ2n) is 7.07. The minimum absolute atomic E-state index is 0.334. The molecule has 1 N–H and O–H groups in total. The number of rotatable bonds is 9. The van der Waals surface area contributed by atoms with Gasteiger partial charge in [0.15, 0.2) is 11.5 Å². The zero-order valence-electron chi connectivity index (χ0n) is 15.2. The molecule has 1 aliphatic heterocycles. The normalized spacial score (nSPS) is 14.0. The largest absolute Gasteiger partial charge is 0.454 e. The monoisotopic (exact) mass is 340 g/mol. The van der Waals surface area contributed by atoms with Crippen molar-refractivity contribution in [1.29, 1.82) is 0 Å². The molecule has 4 nitrogen and oxygen atoms in total. The quantitative estimate of drug-likeness (QED) is 0.682. The van der Waals surface area contributed by atoms with Gasteiger partial charge in [0.05, 0.1) is 5.69 Å². The molecule has 0 amide bonds. The summed E-state index contributed by atoms with van der Waals surface area (Å²) in [4.78, 5) is 4.36. The zero-order valence-corrected chi connectivity index (χ0v) is 15.2. The van der Waals surface area contributed by atoms with Crippen LogP contribution in [0.25, 0.3) is 0 Å². The standard InChI is InChI=1S/C21H28N2O2/c1-16(2)6-7-17(10-12-22-14-19-5-3-4-11-23-19)18-8-9-20-21(13-18)25-15-24-20/h3-5,8-9,11,13,16-17,22H,6-7,10,12,14-15H2,1-2H3. The number of fused-ring (bicyclic) bond motifs is 1. The number of benzene rings is 1. The van der Waals surface area contributed by atoms with Crippen molar-refractivity contribution in [3.8, 4) is 11.5 Å². The van der Waals surface area contributed by atoms with Crippen LogP contribution < -0.4 is 14.8 Å². The lowest BCUT2D eigenvalue weighted by atomic mass is 9.88. The zero-order chi connectivity index (χ0) is 17.5. The van der Waals surface area contributed by atoms with Crippen molar-refractivity contribution in [2.24, 2.45) is 5.92 Å². The fourth-order valence-corrected chi connectivity index (χ4v) is 3.17. The number of pyridine rings is 1. The highest BCUT2D eigenvalue weighted by molar-refractivity contribution is 5.45. The van der Waals surface area contributed by atoms with Gasteiger partial charge in [0.1, 0.15) is 0 Å². The SMILES string of the molecule is CC(C)CCC(CCNCc1ccccn1)c1ccc2c(c1)OCO2. The Morgan fingerprint density at radius 1 is 1.04 bits per heavy atom. The topological polar surface area (TPSA) is 43.4 Å². The second kappa shape index (κ2) is 8.86. The van der Waals surface area contributed by atoms with Gasteiger partial charge in [0.2, 0.25) is 6.79 Å². The minimum atomic E-state index is 0.334. The summed E-state index contributed by atoms with van der Waals surface area (Å²) in [5.41, 5.74) is 2.44. The van der Waals surface area contributed by atoms with Gasteiger partial charge < -0.3 is 14.8 Å². The van der Waals surface area contributed by atoms with Crippen LogP contribution in [0.5, 0.6) is 11.5 Å². The molecule has 0 bridgehead atoms.